The van der Waals surface area contributed by atoms with Crippen molar-refractivity contribution < 1.29 is 9.59 Å². The molecule has 2 aromatic heterocycles. The number of carbonyl (C=O) groups excluding carboxylic acids is 2. The second-order valence-electron chi connectivity index (χ2n) is 10.3. The highest BCUT2D eigenvalue weighted by molar-refractivity contribution is 7.14. The van der Waals surface area contributed by atoms with Crippen molar-refractivity contribution in [2.45, 2.75) is 64.2 Å². The van der Waals surface area contributed by atoms with E-state index in [1.807, 2.05) is 35.7 Å². The number of pyridine rings is 1. The number of aromatic nitrogens is 2. The molecule has 0 aliphatic heterocycles. The van der Waals surface area contributed by atoms with Gasteiger partial charge in [-0.1, -0.05) is 61.4 Å². The van der Waals surface area contributed by atoms with Crippen LogP contribution in [-0.2, 0) is 22.4 Å². The number of rotatable bonds is 13. The van der Waals surface area contributed by atoms with Gasteiger partial charge in [0.25, 0.3) is 0 Å². The van der Waals surface area contributed by atoms with Crippen LogP contribution in [0.2, 0.25) is 0 Å². The Morgan fingerprint density at radius 3 is 2.42 bits per heavy atom. The molecule has 208 valence electrons. The molecule has 2 aromatic carbocycles. The summed E-state index contributed by atoms with van der Waals surface area (Å²) in [6.07, 6.45) is 9.16. The monoisotopic (exact) mass is 555 g/mol. The Morgan fingerprint density at radius 2 is 1.55 bits per heavy atom. The fourth-order valence-electron chi connectivity index (χ4n) is 5.19. The van der Waals surface area contributed by atoms with Gasteiger partial charge in [-0.2, -0.15) is 0 Å². The van der Waals surface area contributed by atoms with Crippen LogP contribution in [-0.4, -0.2) is 34.9 Å². The van der Waals surface area contributed by atoms with E-state index in [0.29, 0.717) is 11.7 Å². The van der Waals surface area contributed by atoms with E-state index < -0.39 is 0 Å². The van der Waals surface area contributed by atoms with Crippen LogP contribution in [0.4, 0.5) is 10.8 Å². The van der Waals surface area contributed by atoms with E-state index >= 15 is 0 Å². The number of nitrogens with one attached hydrogen (secondary N) is 3. The second-order valence-corrected chi connectivity index (χ2v) is 11.1. The third-order valence-electron chi connectivity index (χ3n) is 7.30. The summed E-state index contributed by atoms with van der Waals surface area (Å²) < 4.78 is 0. The molecule has 4 aromatic rings. The maximum atomic E-state index is 12.3. The van der Waals surface area contributed by atoms with Crippen LogP contribution in [0.5, 0.6) is 0 Å². The van der Waals surface area contributed by atoms with E-state index in [0.717, 1.165) is 61.8 Å². The summed E-state index contributed by atoms with van der Waals surface area (Å²) in [7, 11) is 0. The second kappa shape index (κ2) is 14.0. The third kappa shape index (κ3) is 7.45. The lowest BCUT2D eigenvalue weighted by atomic mass is 9.92. The minimum absolute atomic E-state index is 0.0877. The van der Waals surface area contributed by atoms with Gasteiger partial charge < -0.3 is 16.0 Å². The van der Waals surface area contributed by atoms with Gasteiger partial charge in [0.15, 0.2) is 5.13 Å². The van der Waals surface area contributed by atoms with Crippen LogP contribution in [0.1, 0.15) is 62.6 Å². The summed E-state index contributed by atoms with van der Waals surface area (Å²) in [6, 6.07) is 18.3. The minimum Gasteiger partial charge on any atom is -0.384 e. The van der Waals surface area contributed by atoms with Crippen molar-refractivity contribution in [3.8, 4) is 11.3 Å². The molecule has 1 aliphatic rings. The maximum absolute atomic E-state index is 12.3. The van der Waals surface area contributed by atoms with Crippen molar-refractivity contribution in [1.29, 1.82) is 0 Å². The Bertz CT molecular complexity index is 1440. The number of para-hydroxylation sites is 1. The summed E-state index contributed by atoms with van der Waals surface area (Å²) in [5.74, 6) is -0.282. The highest BCUT2D eigenvalue weighted by Gasteiger charge is 2.17. The van der Waals surface area contributed by atoms with E-state index in [9.17, 15) is 9.59 Å². The van der Waals surface area contributed by atoms with Gasteiger partial charge >= 0.3 is 0 Å². The highest BCUT2D eigenvalue weighted by atomic mass is 32.1. The predicted octanol–water partition coefficient (Wildman–Crippen LogP) is 6.74. The van der Waals surface area contributed by atoms with E-state index in [2.05, 4.69) is 45.2 Å². The first-order valence-electron chi connectivity index (χ1n) is 14.4. The molecule has 5 rings (SSSR count). The average Bonchev–Trinajstić information content (AvgIpc) is 3.45. The SMILES string of the molecule is O=C(CCC(=O)Nc1nc(-c2ccccc2)cs1)NCCCCCCNc1c2c(nc3ccccc13)CCCC2. The molecule has 3 N–H and O–H groups in total. The number of hydrogen-bond donors (Lipinski definition) is 3. The molecule has 0 saturated carbocycles. The normalized spacial score (nSPS) is 12.6. The van der Waals surface area contributed by atoms with Crippen LogP contribution in [0.3, 0.4) is 0 Å². The van der Waals surface area contributed by atoms with Crippen molar-refractivity contribution in [3.63, 3.8) is 0 Å². The summed E-state index contributed by atoms with van der Waals surface area (Å²) in [4.78, 5) is 33.8. The van der Waals surface area contributed by atoms with Gasteiger partial charge in [-0.3, -0.25) is 14.6 Å². The number of unbranched alkanes of at least 4 members (excludes halogenated alkanes) is 3. The smallest absolute Gasteiger partial charge is 0.226 e. The van der Waals surface area contributed by atoms with Crippen LogP contribution in [0.15, 0.2) is 60.0 Å². The summed E-state index contributed by atoms with van der Waals surface area (Å²) in [5, 5.41) is 13.2. The first-order valence-corrected chi connectivity index (χ1v) is 15.3. The number of amides is 2. The van der Waals surface area contributed by atoms with Gasteiger partial charge in [0.2, 0.25) is 11.8 Å². The van der Waals surface area contributed by atoms with E-state index in [-0.39, 0.29) is 24.7 Å². The van der Waals surface area contributed by atoms with Crippen LogP contribution < -0.4 is 16.0 Å². The molecule has 0 fully saturated rings. The highest BCUT2D eigenvalue weighted by Crippen LogP contribution is 2.33. The summed E-state index contributed by atoms with van der Waals surface area (Å²) >= 11 is 1.39. The number of hydrogen-bond acceptors (Lipinski definition) is 6. The average molecular weight is 556 g/mol. The zero-order valence-corrected chi connectivity index (χ0v) is 23.7. The quantitative estimate of drug-likeness (QED) is 0.159. The van der Waals surface area contributed by atoms with Crippen molar-refractivity contribution in [2.75, 3.05) is 23.7 Å². The van der Waals surface area contributed by atoms with Crippen LogP contribution in [0.25, 0.3) is 22.2 Å². The Balaban J connectivity index is 0.949. The van der Waals surface area contributed by atoms with E-state index in [4.69, 9.17) is 4.98 Å². The van der Waals surface area contributed by atoms with Crippen molar-refractivity contribution in [1.82, 2.24) is 15.3 Å². The van der Waals surface area contributed by atoms with Crippen LogP contribution >= 0.6 is 11.3 Å². The fraction of sp³-hybridized carbons (Fsp3) is 0.375. The number of benzene rings is 2. The summed E-state index contributed by atoms with van der Waals surface area (Å²) in [6.45, 7) is 1.58. The van der Waals surface area contributed by atoms with Crippen molar-refractivity contribution in [2.24, 2.45) is 0 Å². The predicted molar refractivity (Wildman–Crippen MR) is 164 cm³/mol. The molecule has 0 atom stereocenters. The number of anilines is 2. The summed E-state index contributed by atoms with van der Waals surface area (Å²) in [5.41, 5.74) is 6.88. The molecule has 2 amide bonds. The van der Waals surface area contributed by atoms with Gasteiger partial charge in [0, 0.05) is 53.6 Å². The van der Waals surface area contributed by atoms with Gasteiger partial charge in [-0.05, 0) is 50.2 Å². The number of carbonyl (C=O) groups is 2. The Hall–Kier alpha value is -3.78. The number of thiazole rings is 1. The number of fused-ring (bicyclic) bond motifs is 2. The zero-order chi connectivity index (χ0) is 27.6. The van der Waals surface area contributed by atoms with Gasteiger partial charge in [-0.25, -0.2) is 4.98 Å². The first-order chi connectivity index (χ1) is 19.7. The first kappa shape index (κ1) is 27.8. The molecular weight excluding hydrogens is 518 g/mol. The molecule has 1 aliphatic carbocycles. The zero-order valence-electron chi connectivity index (χ0n) is 22.9. The molecule has 2 heterocycles. The lowest BCUT2D eigenvalue weighted by Gasteiger charge is -2.21. The molecular formula is C32H37N5O2S. The van der Waals surface area contributed by atoms with Crippen molar-refractivity contribution in [3.05, 3.63) is 71.2 Å². The van der Waals surface area contributed by atoms with E-state index in [1.165, 1.54) is 46.5 Å². The number of aryl methyl sites for hydroxylation is 1. The standard InChI is InChI=1S/C32H37N5O2S/c38-29(18-19-30(39)37-32-36-28(22-40-32)23-12-4-3-5-13-23)33-20-10-1-2-11-21-34-31-24-14-6-8-16-26(24)35-27-17-9-7-15-25(27)31/h3-6,8,12-14,16,22H,1-2,7,9-11,15,17-21H2,(H,33,38)(H,34,35)(H,36,37,39). The van der Waals surface area contributed by atoms with Crippen LogP contribution in [0, 0.1) is 0 Å². The largest absolute Gasteiger partial charge is 0.384 e. The molecule has 0 unspecified atom stereocenters. The lowest BCUT2D eigenvalue weighted by Crippen LogP contribution is -2.25. The Morgan fingerprint density at radius 1 is 0.800 bits per heavy atom. The minimum atomic E-state index is -0.195. The molecule has 0 saturated heterocycles. The van der Waals surface area contributed by atoms with Gasteiger partial charge in [-0.15, -0.1) is 11.3 Å². The van der Waals surface area contributed by atoms with Gasteiger partial charge in [0.1, 0.15) is 0 Å². The Labute approximate surface area is 239 Å². The molecule has 40 heavy (non-hydrogen) atoms. The number of nitrogens with zero attached hydrogens (tertiary/aromatic N) is 2. The van der Waals surface area contributed by atoms with Gasteiger partial charge in [0.05, 0.1) is 11.2 Å². The molecule has 7 nitrogen and oxygen atoms in total. The van der Waals surface area contributed by atoms with E-state index in [1.54, 1.807) is 0 Å². The maximum Gasteiger partial charge on any atom is 0.226 e. The van der Waals surface area contributed by atoms with Crippen molar-refractivity contribution >= 4 is 44.9 Å². The fourth-order valence-corrected chi connectivity index (χ4v) is 5.92. The molecule has 0 spiro atoms. The Kier molecular flexibility index (Phi) is 9.74. The molecule has 8 heteroatoms. The lowest BCUT2D eigenvalue weighted by molar-refractivity contribution is -0.124. The topological polar surface area (TPSA) is 96.0 Å². The molecule has 0 bridgehead atoms. The third-order valence-corrected chi connectivity index (χ3v) is 8.05. The molecule has 0 radical (unpaired) electrons.